The second-order valence-corrected chi connectivity index (χ2v) is 11.9. The van der Waals surface area contributed by atoms with E-state index in [4.69, 9.17) is 12.8 Å². The number of rotatable bonds is 5. The Morgan fingerprint density at radius 1 is 0.524 bits per heavy atom. The van der Waals surface area contributed by atoms with Crippen molar-refractivity contribution < 1.29 is 61.5 Å². The molecule has 6 rings (SSSR count). The molecule has 0 unspecified atom stereocenters. The van der Waals surface area contributed by atoms with E-state index in [2.05, 4.69) is 72.5 Å². The van der Waals surface area contributed by atoms with Crippen molar-refractivity contribution in [1.29, 1.82) is 0 Å². The molecule has 0 bridgehead atoms. The second-order valence-electron chi connectivity index (χ2n) is 9.55. The molecule has 8 heteroatoms. The van der Waals surface area contributed by atoms with Gasteiger partial charge >= 0.3 is 61.8 Å². The minimum atomic E-state index is -3.17. The Kier molecular flexibility index (Phi) is 15.5. The van der Waals surface area contributed by atoms with E-state index in [0.29, 0.717) is 0 Å². The number of fused-ring (bicyclic) bond motifs is 6. The van der Waals surface area contributed by atoms with Gasteiger partial charge in [0.25, 0.3) is 0 Å². The molecule has 2 aliphatic rings. The molecule has 2 aliphatic carbocycles. The van der Waals surface area contributed by atoms with Crippen molar-refractivity contribution in [3.63, 3.8) is 0 Å². The van der Waals surface area contributed by atoms with Gasteiger partial charge in [0, 0.05) is 0 Å². The molecule has 0 radical (unpaired) electrons. The molecule has 4 aromatic rings. The third-order valence-electron chi connectivity index (χ3n) is 6.87. The maximum absolute atomic E-state index is 11.5. The van der Waals surface area contributed by atoms with Crippen LogP contribution in [0.2, 0.25) is 0 Å². The number of hydrogen-bond acceptors (Lipinski definition) is 0. The predicted molar refractivity (Wildman–Crippen MR) is 162 cm³/mol. The topological polar surface area (TPSA) is 0 Å². The first-order valence-corrected chi connectivity index (χ1v) is 15.9. The van der Waals surface area contributed by atoms with Gasteiger partial charge in [-0.05, 0) is 87.0 Å². The first-order valence-electron chi connectivity index (χ1n) is 13.0. The summed E-state index contributed by atoms with van der Waals surface area (Å²) in [6.07, 6.45) is 16.6. The van der Waals surface area contributed by atoms with Crippen LogP contribution in [0.1, 0.15) is 46.2 Å². The molecule has 0 nitrogen and oxygen atoms in total. The number of halogens is 4. The van der Waals surface area contributed by atoms with Crippen molar-refractivity contribution in [3.05, 3.63) is 131 Å². The number of hydrogen-bond donors (Lipinski definition) is 0. The fourth-order valence-corrected chi connectivity index (χ4v) is 5.95. The van der Waals surface area contributed by atoms with Crippen LogP contribution in [0.25, 0.3) is 22.3 Å². The van der Waals surface area contributed by atoms with Gasteiger partial charge in [0.1, 0.15) is 12.3 Å². The zero-order chi connectivity index (χ0) is 28.5. The summed E-state index contributed by atoms with van der Waals surface area (Å²) in [6.45, 7) is 0. The normalized spacial score (nSPS) is 11.0. The van der Waals surface area contributed by atoms with E-state index in [-0.39, 0.29) is 69.9 Å². The van der Waals surface area contributed by atoms with Gasteiger partial charge in [0.05, 0.1) is 0 Å². The van der Waals surface area contributed by atoms with Gasteiger partial charge in [0.2, 0.25) is 0 Å². The van der Waals surface area contributed by atoms with E-state index in [9.17, 15) is 16.8 Å². The van der Waals surface area contributed by atoms with E-state index in [1.807, 2.05) is 24.3 Å². The van der Waals surface area contributed by atoms with Gasteiger partial charge in [0.15, 0.2) is 0 Å². The Labute approximate surface area is 280 Å². The van der Waals surface area contributed by atoms with Crippen LogP contribution < -0.4 is 0 Å². The van der Waals surface area contributed by atoms with Gasteiger partial charge in [-0.1, -0.05) is 60.7 Å². The largest absolute Gasteiger partial charge is 1.00 e. The molecule has 0 saturated heterocycles. The predicted octanol–water partition coefficient (Wildman–Crippen LogP) is 10.1. The van der Waals surface area contributed by atoms with Gasteiger partial charge in [-0.25, -0.2) is 0 Å². The van der Waals surface area contributed by atoms with E-state index in [1.54, 1.807) is 0 Å². The average Bonchev–Trinajstić information content (AvgIpc) is 3.53. The Balaban J connectivity index is 0.000000221. The molecule has 42 heavy (non-hydrogen) atoms. The van der Waals surface area contributed by atoms with E-state index < -0.39 is 17.1 Å². The first-order chi connectivity index (χ1) is 19.4. The molecule has 0 spiro atoms. The van der Waals surface area contributed by atoms with Gasteiger partial charge in [-0.15, -0.1) is 35.4 Å². The summed E-state index contributed by atoms with van der Waals surface area (Å²) in [5, 5.41) is 0. The molecule has 0 fully saturated rings. The minimum absolute atomic E-state index is 0. The Morgan fingerprint density at radius 2 is 0.881 bits per heavy atom. The quantitative estimate of drug-likeness (QED) is 0.0404. The van der Waals surface area contributed by atoms with Crippen molar-refractivity contribution in [2.45, 2.75) is 25.7 Å². The maximum atomic E-state index is 11.5. The zero-order valence-electron chi connectivity index (χ0n) is 22.4. The molecule has 0 N–H and O–H groups in total. The van der Waals surface area contributed by atoms with Crippen LogP contribution >= 0.6 is 17.1 Å². The fourth-order valence-electron chi connectivity index (χ4n) is 4.92. The molecule has 0 heterocycles. The molecular formula is C34H28Au2F4P2+2. The average molecular weight is 968 g/mol. The van der Waals surface area contributed by atoms with Crippen LogP contribution in [-0.2, 0) is 57.6 Å². The van der Waals surface area contributed by atoms with Crippen molar-refractivity contribution in [2.75, 3.05) is 12.3 Å². The van der Waals surface area contributed by atoms with Crippen molar-refractivity contribution >= 4 is 17.1 Å². The van der Waals surface area contributed by atoms with Crippen LogP contribution in [0.5, 0.6) is 0 Å². The number of benzene rings is 4. The van der Waals surface area contributed by atoms with Gasteiger partial charge in [-0.2, -0.15) is 0 Å². The molecule has 0 aromatic heterocycles. The summed E-state index contributed by atoms with van der Waals surface area (Å²) in [4.78, 5) is 0. The molecule has 0 amide bonds. The summed E-state index contributed by atoms with van der Waals surface area (Å²) in [5.41, 5.74) is 12.3. The Hall–Kier alpha value is -1.94. The Morgan fingerprint density at radius 3 is 1.24 bits per heavy atom. The van der Waals surface area contributed by atoms with Crippen LogP contribution in [0.3, 0.4) is 0 Å². The molecular weight excluding hydrogens is 940 g/mol. The van der Waals surface area contributed by atoms with Crippen LogP contribution in [0.15, 0.2) is 84.9 Å². The van der Waals surface area contributed by atoms with Crippen molar-refractivity contribution in [3.8, 4) is 34.1 Å². The summed E-state index contributed by atoms with van der Waals surface area (Å²) in [7, 11) is -6.33. The SMILES string of the molecule is F[PH+](F)CCCC[PH+](F)F.[Au+].[Au+].[C-]#Cc1ccc2c(c1)-c1ccccc1C2.[C-]#Cc1ccc2c(c1)-c1ccccc1C2. The van der Waals surface area contributed by atoms with E-state index in [0.717, 1.165) is 24.0 Å². The van der Waals surface area contributed by atoms with Crippen molar-refractivity contribution in [1.82, 2.24) is 0 Å². The molecule has 4 aromatic carbocycles. The Bertz CT molecular complexity index is 1440. The summed E-state index contributed by atoms with van der Waals surface area (Å²) >= 11 is 0. The molecule has 0 atom stereocenters. The second kappa shape index (κ2) is 18.0. The summed E-state index contributed by atoms with van der Waals surface area (Å²) < 4.78 is 45.9. The van der Waals surface area contributed by atoms with E-state index >= 15 is 0 Å². The summed E-state index contributed by atoms with van der Waals surface area (Å²) in [6, 6.07) is 29.1. The third-order valence-corrected chi connectivity index (χ3v) is 8.33. The van der Waals surface area contributed by atoms with E-state index in [1.165, 1.54) is 44.5 Å². The van der Waals surface area contributed by atoms with Crippen LogP contribution in [0.4, 0.5) is 16.8 Å². The summed E-state index contributed by atoms with van der Waals surface area (Å²) in [5.74, 6) is 4.87. The zero-order valence-corrected chi connectivity index (χ0v) is 28.8. The van der Waals surface area contributed by atoms with Gasteiger partial charge in [-0.3, -0.25) is 11.8 Å². The number of unbranched alkanes of at least 4 members (excludes halogenated alkanes) is 1. The third kappa shape index (κ3) is 9.79. The maximum Gasteiger partial charge on any atom is 1.00 e. The van der Waals surface area contributed by atoms with Gasteiger partial charge < -0.3 is 12.8 Å². The molecule has 0 saturated carbocycles. The van der Waals surface area contributed by atoms with Crippen LogP contribution in [0, 0.1) is 24.7 Å². The first kappa shape index (κ1) is 36.3. The monoisotopic (exact) mass is 968 g/mol. The minimum Gasteiger partial charge on any atom is -0.366 e. The van der Waals surface area contributed by atoms with Crippen LogP contribution in [-0.4, -0.2) is 12.3 Å². The van der Waals surface area contributed by atoms with Crippen molar-refractivity contribution in [2.24, 2.45) is 0 Å². The molecule has 222 valence electrons. The fraction of sp³-hybridized carbons (Fsp3) is 0.176. The smallest absolute Gasteiger partial charge is 0.366 e. The standard InChI is InChI=1S/2C15H9.C4H8F4P2.2Au/c2*1-2-11-7-8-13-10-12-5-3-4-6-14(12)15(13)9-11;5-9(6)3-1-2-4-10(7)8;;/h2*3-9H,10H2;1-4H2;;/q2*-1;;2*+1/p+2. The molecule has 0 aliphatic heterocycles.